The Bertz CT molecular complexity index is 5090. The van der Waals surface area contributed by atoms with Gasteiger partial charge in [-0.25, -0.2) is 0 Å². The Balaban J connectivity index is 0.00000787. The molecule has 0 atom stereocenters. The summed E-state index contributed by atoms with van der Waals surface area (Å²) in [5.74, 6) is 0. The van der Waals surface area contributed by atoms with E-state index in [-0.39, 0.29) is 36.8 Å². The molecule has 4 heteroatoms. The molecule has 3 aromatic heterocycles. The number of benzene rings is 11. The maximum absolute atomic E-state index is 8.06. The molecule has 0 saturated heterocycles. The fourth-order valence-electron chi connectivity index (χ4n) is 11.4. The van der Waals surface area contributed by atoms with Gasteiger partial charge in [0.25, 0.3) is 0 Å². The number of aryl methyl sites for hydroxylation is 3. The fourth-order valence-corrected chi connectivity index (χ4v) is 11.4. The van der Waals surface area contributed by atoms with Crippen molar-refractivity contribution in [3.8, 4) is 123 Å². The zero-order valence-corrected chi connectivity index (χ0v) is 47.6. The van der Waals surface area contributed by atoms with Crippen LogP contribution in [0.2, 0.25) is 0 Å². The second-order valence-electron chi connectivity index (χ2n) is 20.7. The molecule has 3 heterocycles. The summed E-state index contributed by atoms with van der Waals surface area (Å²) in [6.45, 7) is -6.85. The topological polar surface area (TPSA) is 38.7 Å². The van der Waals surface area contributed by atoms with Gasteiger partial charge >= 0.3 is 20.1 Å². The maximum Gasteiger partial charge on any atom is 3.00 e. The van der Waals surface area contributed by atoms with E-state index in [2.05, 4.69) is 179 Å². The molecular formula is C80H54IrN3. The van der Waals surface area contributed by atoms with Gasteiger partial charge in [-0.05, 0) is 157 Å². The first kappa shape index (κ1) is 43.7. The minimum Gasteiger partial charge on any atom is -0.305 e. The van der Waals surface area contributed by atoms with Crippen molar-refractivity contribution in [1.82, 2.24) is 15.0 Å². The van der Waals surface area contributed by atoms with Crippen molar-refractivity contribution in [3.05, 3.63) is 308 Å². The van der Waals surface area contributed by atoms with Crippen LogP contribution in [0.4, 0.5) is 0 Å². The molecule has 3 nitrogen and oxygen atoms in total. The van der Waals surface area contributed by atoms with Gasteiger partial charge in [0.1, 0.15) is 0 Å². The second kappa shape index (κ2) is 23.1. The van der Waals surface area contributed by atoms with E-state index in [1.807, 2.05) is 72.8 Å². The molecule has 14 rings (SSSR count). The standard InChI is InChI=1S/C80H54N3.Ir/c1-52-41-42-81-80(43-52)59-29-25-57(26-30-59)69-16-8-10-18-71(69)66-46-65(70-17-9-7-15-68(70)56-23-27-58(28-24-56)78-39-21-53(2)50-82-78)47-67(48-66)72-19-11-12-20-75(72)76-38-35-64(79-40-22-54(3)51-83-79)49-77(76)63-34-37-74-62(45-63)32-31-61-44-60(33-36-73(61)74)55-13-5-4-6-14-55;/h4-27,29,31-34,36-51H,1-3H3;/q-3;+3/i1D3,2D3,3D3;. The zero-order chi connectivity index (χ0) is 63.3. The summed E-state index contributed by atoms with van der Waals surface area (Å²) >= 11 is 0. The molecule has 0 bridgehead atoms. The largest absolute Gasteiger partial charge is 3.00 e. The SMILES string of the molecule is [2H]C([2H])([2H])c1ccc(-c2[c-]cc(-c3ccccc3-c3cc(-c4ccccc4-c4c[c-]c(-c5cc(C([2H])([2H])[2H])ccn5)cc4)cc(-c4ccccc4-c4c[c-]c(-c5ccc(C([2H])([2H])[2H])cn5)cc4-c4ccc5c(ccc6cc(-c7ccccc7)ccc65)c4)c3)cc2)nc1.[Ir+3]. The van der Waals surface area contributed by atoms with Gasteiger partial charge in [0, 0.05) is 30.9 Å². The molecule has 11 aromatic carbocycles. The van der Waals surface area contributed by atoms with Gasteiger partial charge in [-0.15, -0.1) is 83.4 Å². The van der Waals surface area contributed by atoms with Crippen LogP contribution >= 0.6 is 0 Å². The van der Waals surface area contributed by atoms with Crippen LogP contribution in [0.1, 0.15) is 29.0 Å². The van der Waals surface area contributed by atoms with Gasteiger partial charge in [0.15, 0.2) is 0 Å². The summed E-state index contributed by atoms with van der Waals surface area (Å²) < 4.78 is 71.8. The average Bonchev–Trinajstić information content (AvgIpc) is 0.781. The first-order chi connectivity index (χ1) is 44.5. The summed E-state index contributed by atoms with van der Waals surface area (Å²) in [7, 11) is 0. The third-order valence-corrected chi connectivity index (χ3v) is 15.5. The minimum absolute atomic E-state index is 0. The van der Waals surface area contributed by atoms with Gasteiger partial charge in [0.2, 0.25) is 0 Å². The van der Waals surface area contributed by atoms with Crippen molar-refractivity contribution in [2.45, 2.75) is 20.6 Å². The van der Waals surface area contributed by atoms with Gasteiger partial charge in [-0.3, -0.25) is 0 Å². The summed E-state index contributed by atoms with van der Waals surface area (Å²) in [6.07, 6.45) is 4.35. The van der Waals surface area contributed by atoms with E-state index in [9.17, 15) is 0 Å². The van der Waals surface area contributed by atoms with Crippen molar-refractivity contribution in [2.24, 2.45) is 0 Å². The smallest absolute Gasteiger partial charge is 0.305 e. The number of hydrogen-bond acceptors (Lipinski definition) is 3. The number of fused-ring (bicyclic) bond motifs is 3. The van der Waals surface area contributed by atoms with Crippen molar-refractivity contribution < 1.29 is 32.4 Å². The second-order valence-corrected chi connectivity index (χ2v) is 20.7. The maximum atomic E-state index is 8.06. The van der Waals surface area contributed by atoms with Gasteiger partial charge in [0.05, 0.1) is 0 Å². The van der Waals surface area contributed by atoms with E-state index in [0.717, 1.165) is 116 Å². The first-order valence-electron chi connectivity index (χ1n) is 31.9. The Kier molecular flexibility index (Phi) is 12.0. The van der Waals surface area contributed by atoms with Gasteiger partial charge < -0.3 is 15.0 Å². The minimum atomic E-state index is -2.31. The molecule has 0 spiro atoms. The molecule has 0 aliphatic rings. The molecule has 14 aromatic rings. The van der Waals surface area contributed by atoms with Crippen LogP contribution < -0.4 is 0 Å². The molecule has 0 fully saturated rings. The molecule has 84 heavy (non-hydrogen) atoms. The van der Waals surface area contributed by atoms with Crippen LogP contribution in [0.25, 0.3) is 144 Å². The molecule has 398 valence electrons. The molecule has 0 aliphatic heterocycles. The fraction of sp³-hybridized carbons (Fsp3) is 0.0375. The van der Waals surface area contributed by atoms with Crippen LogP contribution in [-0.4, -0.2) is 15.0 Å². The van der Waals surface area contributed by atoms with Crippen molar-refractivity contribution in [1.29, 1.82) is 0 Å². The zero-order valence-electron chi connectivity index (χ0n) is 54.2. The summed E-state index contributed by atoms with van der Waals surface area (Å²) in [6, 6.07) is 96.1. The Morgan fingerprint density at radius 2 is 0.762 bits per heavy atom. The third-order valence-electron chi connectivity index (χ3n) is 15.5. The molecule has 0 N–H and O–H groups in total. The van der Waals surface area contributed by atoms with Gasteiger partial charge in [-0.2, -0.15) is 0 Å². The van der Waals surface area contributed by atoms with Gasteiger partial charge in [-0.1, -0.05) is 214 Å². The Labute approximate surface area is 517 Å². The molecule has 0 saturated carbocycles. The van der Waals surface area contributed by atoms with E-state index in [4.69, 9.17) is 12.3 Å². The third kappa shape index (κ3) is 10.6. The summed E-state index contributed by atoms with van der Waals surface area (Å²) in [4.78, 5) is 13.7. The van der Waals surface area contributed by atoms with E-state index >= 15 is 0 Å². The van der Waals surface area contributed by atoms with E-state index in [1.54, 1.807) is 30.3 Å². The Hall–Kier alpha value is -9.96. The Morgan fingerprint density at radius 1 is 0.286 bits per heavy atom. The first-order valence-corrected chi connectivity index (χ1v) is 27.4. The number of hydrogen-bond donors (Lipinski definition) is 0. The molecular weight excluding hydrogens is 1200 g/mol. The molecule has 0 unspecified atom stereocenters. The van der Waals surface area contributed by atoms with E-state index in [1.165, 1.54) is 24.7 Å². The van der Waals surface area contributed by atoms with Crippen LogP contribution in [0, 0.1) is 38.8 Å². The van der Waals surface area contributed by atoms with E-state index < -0.39 is 20.6 Å². The molecule has 0 radical (unpaired) electrons. The summed E-state index contributed by atoms with van der Waals surface area (Å²) in [5, 5.41) is 4.50. The molecule has 0 amide bonds. The average molecular weight is 1260 g/mol. The number of nitrogens with zero attached hydrogens (tertiary/aromatic N) is 3. The molecule has 0 aliphatic carbocycles. The number of rotatable bonds is 11. The number of pyridine rings is 3. The van der Waals surface area contributed by atoms with Crippen molar-refractivity contribution in [3.63, 3.8) is 0 Å². The Morgan fingerprint density at radius 3 is 1.30 bits per heavy atom. The van der Waals surface area contributed by atoms with Crippen LogP contribution in [0.5, 0.6) is 0 Å². The monoisotopic (exact) mass is 1260 g/mol. The normalized spacial score (nSPS) is 13.2. The van der Waals surface area contributed by atoms with E-state index in [0.29, 0.717) is 28.2 Å². The van der Waals surface area contributed by atoms with Crippen molar-refractivity contribution >= 4 is 21.5 Å². The predicted octanol–water partition coefficient (Wildman–Crippen LogP) is 20.8. The quantitative estimate of drug-likeness (QED) is 0.0957. The predicted molar refractivity (Wildman–Crippen MR) is 345 cm³/mol. The van der Waals surface area contributed by atoms with Crippen molar-refractivity contribution in [2.75, 3.05) is 0 Å². The summed E-state index contributed by atoms with van der Waals surface area (Å²) in [5.41, 5.74) is 20.0. The van der Waals surface area contributed by atoms with Crippen LogP contribution in [0.3, 0.4) is 0 Å². The number of aromatic nitrogens is 3. The van der Waals surface area contributed by atoms with Crippen LogP contribution in [0.15, 0.2) is 273 Å². The van der Waals surface area contributed by atoms with Crippen LogP contribution in [-0.2, 0) is 20.1 Å².